The summed E-state index contributed by atoms with van der Waals surface area (Å²) >= 11 is 0. The van der Waals surface area contributed by atoms with E-state index in [1.54, 1.807) is 5.69 Å². The van der Waals surface area contributed by atoms with Gasteiger partial charge in [-0.15, -0.1) is 0 Å². The average molecular weight is 560 g/mol. The maximum Gasteiger partial charge on any atom is 0.254 e. The summed E-state index contributed by atoms with van der Waals surface area (Å²) in [5.41, 5.74) is 1.58. The van der Waals surface area contributed by atoms with Gasteiger partial charge in [0.2, 0.25) is 0 Å². The number of nitrogens with one attached hydrogen (secondary N) is 1. The molecule has 0 atom stereocenters. The van der Waals surface area contributed by atoms with Gasteiger partial charge < -0.3 is 0 Å². The molecular formula is C38H75N2+. The molecule has 0 saturated carbocycles. The zero-order valence-electron chi connectivity index (χ0n) is 28.2. The van der Waals surface area contributed by atoms with Crippen molar-refractivity contribution in [3.63, 3.8) is 0 Å². The molecule has 0 unspecified atom stereocenters. The molecule has 0 fully saturated rings. The van der Waals surface area contributed by atoms with E-state index in [9.17, 15) is 0 Å². The fraction of sp³-hybridized carbons (Fsp3) is 0.921. The lowest BCUT2D eigenvalue weighted by Gasteiger charge is -2.07. The van der Waals surface area contributed by atoms with Crippen LogP contribution in [0.2, 0.25) is 0 Å². The van der Waals surface area contributed by atoms with E-state index in [-0.39, 0.29) is 0 Å². The molecule has 2 heteroatoms. The third kappa shape index (κ3) is 21.9. The Morgan fingerprint density at radius 1 is 0.400 bits per heavy atom. The average Bonchev–Trinajstić information content (AvgIpc) is 3.35. The van der Waals surface area contributed by atoms with Gasteiger partial charge in [0.25, 0.3) is 5.82 Å². The van der Waals surface area contributed by atoms with Gasteiger partial charge >= 0.3 is 0 Å². The number of hydrogen-bond donors (Lipinski definition) is 1. The lowest BCUT2D eigenvalue weighted by molar-refractivity contribution is -0.710. The summed E-state index contributed by atoms with van der Waals surface area (Å²) < 4.78 is 2.71. The van der Waals surface area contributed by atoms with E-state index in [1.807, 2.05) is 0 Å². The van der Waals surface area contributed by atoms with Crippen LogP contribution in [-0.4, -0.2) is 4.98 Å². The zero-order chi connectivity index (χ0) is 28.8. The minimum atomic E-state index is 1.24. The first-order chi connectivity index (χ1) is 19.8. The fourth-order valence-corrected chi connectivity index (χ4v) is 6.34. The smallest absolute Gasteiger partial charge is 0.247 e. The standard InChI is InChI=1S/C38H74N2/c1-4-7-10-13-16-19-22-24-27-30-33-37-36-39-38(34-31-28-25-21-18-15-12-9-6-3)40(37)35-32-29-26-23-20-17-14-11-8-5-2/h36H,4-35H2,1-3H3/p+1. The predicted molar refractivity (Wildman–Crippen MR) is 179 cm³/mol. The Hall–Kier alpha value is -0.790. The summed E-state index contributed by atoms with van der Waals surface area (Å²) in [6, 6.07) is 0. The van der Waals surface area contributed by atoms with Gasteiger partial charge in [0.05, 0.1) is 6.54 Å². The second kappa shape index (κ2) is 29.7. The molecule has 1 aromatic rings. The van der Waals surface area contributed by atoms with E-state index < -0.39 is 0 Å². The number of H-pyrrole nitrogens is 1. The lowest BCUT2D eigenvalue weighted by atomic mass is 10.0. The minimum Gasteiger partial charge on any atom is -0.247 e. The number of nitrogens with zero attached hydrogens (tertiary/aromatic N) is 1. The summed E-state index contributed by atoms with van der Waals surface area (Å²) in [5.74, 6) is 1.51. The van der Waals surface area contributed by atoms with Crippen LogP contribution in [0.3, 0.4) is 0 Å². The summed E-state index contributed by atoms with van der Waals surface area (Å²) in [5, 5.41) is 0. The highest BCUT2D eigenvalue weighted by Crippen LogP contribution is 2.15. The molecule has 0 aliphatic heterocycles. The van der Waals surface area contributed by atoms with E-state index in [1.165, 1.54) is 211 Å². The van der Waals surface area contributed by atoms with E-state index in [0.29, 0.717) is 0 Å². The van der Waals surface area contributed by atoms with Crippen molar-refractivity contribution in [2.24, 2.45) is 0 Å². The van der Waals surface area contributed by atoms with Crippen LogP contribution in [0, 0.1) is 0 Å². The number of rotatable bonds is 32. The van der Waals surface area contributed by atoms with E-state index in [2.05, 4.69) is 36.5 Å². The van der Waals surface area contributed by atoms with Crippen LogP contribution >= 0.6 is 0 Å². The molecule has 0 bridgehead atoms. The Morgan fingerprint density at radius 3 is 1.12 bits per heavy atom. The summed E-state index contributed by atoms with van der Waals surface area (Å²) in [4.78, 5) is 3.73. The molecule has 40 heavy (non-hydrogen) atoms. The Morgan fingerprint density at radius 2 is 0.725 bits per heavy atom. The highest BCUT2D eigenvalue weighted by atomic mass is 15.1. The van der Waals surface area contributed by atoms with Gasteiger partial charge in [-0.25, -0.2) is 9.55 Å². The number of imidazole rings is 1. The first-order valence-electron chi connectivity index (χ1n) is 18.9. The van der Waals surface area contributed by atoms with E-state index in [0.717, 1.165) is 0 Å². The molecule has 2 nitrogen and oxygen atoms in total. The molecule has 0 radical (unpaired) electrons. The van der Waals surface area contributed by atoms with Crippen molar-refractivity contribution in [1.82, 2.24) is 4.98 Å². The number of aromatic amines is 1. The van der Waals surface area contributed by atoms with Crippen LogP contribution in [0.1, 0.15) is 218 Å². The number of aryl methyl sites for hydroxylation is 2. The Balaban J connectivity index is 2.33. The largest absolute Gasteiger partial charge is 0.254 e. The fourth-order valence-electron chi connectivity index (χ4n) is 6.34. The SMILES string of the molecule is CCCCCCCCCCCCc1c[nH]c(CCCCCCCCCCC)[n+]1CCCCCCCCCCCC. The van der Waals surface area contributed by atoms with Gasteiger partial charge in [0, 0.05) is 12.8 Å². The van der Waals surface area contributed by atoms with Crippen molar-refractivity contribution >= 4 is 0 Å². The normalized spacial score (nSPS) is 11.6. The molecule has 0 spiro atoms. The molecule has 0 aromatic carbocycles. The molecule has 1 heterocycles. The molecule has 1 rings (SSSR count). The molecular weight excluding hydrogens is 484 g/mol. The molecule has 1 aromatic heterocycles. The quantitative estimate of drug-likeness (QED) is 0.0669. The Labute approximate surface area is 253 Å². The van der Waals surface area contributed by atoms with Crippen molar-refractivity contribution in [2.45, 2.75) is 226 Å². The molecule has 0 aliphatic rings. The highest BCUT2D eigenvalue weighted by molar-refractivity contribution is 4.92. The summed E-state index contributed by atoms with van der Waals surface area (Å²) in [6.45, 7) is 8.17. The maximum atomic E-state index is 3.73. The van der Waals surface area contributed by atoms with E-state index >= 15 is 0 Å². The van der Waals surface area contributed by atoms with Crippen LogP contribution in [-0.2, 0) is 19.4 Å². The number of hydrogen-bond acceptors (Lipinski definition) is 0. The van der Waals surface area contributed by atoms with Gasteiger partial charge in [-0.2, -0.15) is 0 Å². The van der Waals surface area contributed by atoms with Crippen LogP contribution in [0.4, 0.5) is 0 Å². The van der Waals surface area contributed by atoms with Gasteiger partial charge in [0.1, 0.15) is 11.9 Å². The van der Waals surface area contributed by atoms with Crippen LogP contribution in [0.15, 0.2) is 6.20 Å². The topological polar surface area (TPSA) is 19.7 Å². The highest BCUT2D eigenvalue weighted by Gasteiger charge is 2.17. The first-order valence-corrected chi connectivity index (χ1v) is 18.9. The second-order valence-electron chi connectivity index (χ2n) is 13.1. The van der Waals surface area contributed by atoms with E-state index in [4.69, 9.17) is 0 Å². The van der Waals surface area contributed by atoms with Gasteiger partial charge in [-0.1, -0.05) is 181 Å². The van der Waals surface area contributed by atoms with Crippen LogP contribution in [0.25, 0.3) is 0 Å². The first kappa shape index (κ1) is 37.2. The Bertz CT molecular complexity index is 619. The Kier molecular flexibility index (Phi) is 27.6. The van der Waals surface area contributed by atoms with Gasteiger partial charge in [0.15, 0.2) is 0 Å². The predicted octanol–water partition coefficient (Wildman–Crippen LogP) is 12.8. The second-order valence-corrected chi connectivity index (χ2v) is 13.1. The van der Waals surface area contributed by atoms with Gasteiger partial charge in [-0.3, -0.25) is 0 Å². The summed E-state index contributed by atoms with van der Waals surface area (Å²) in [7, 11) is 0. The molecule has 0 amide bonds. The van der Waals surface area contributed by atoms with Crippen molar-refractivity contribution in [3.8, 4) is 0 Å². The minimum absolute atomic E-state index is 1.24. The molecule has 0 aliphatic carbocycles. The van der Waals surface area contributed by atoms with Crippen molar-refractivity contribution in [3.05, 3.63) is 17.7 Å². The maximum absolute atomic E-state index is 3.73. The third-order valence-corrected chi connectivity index (χ3v) is 9.12. The number of aromatic nitrogens is 2. The van der Waals surface area contributed by atoms with Crippen molar-refractivity contribution in [1.29, 1.82) is 0 Å². The van der Waals surface area contributed by atoms with Crippen molar-refractivity contribution < 1.29 is 4.57 Å². The zero-order valence-corrected chi connectivity index (χ0v) is 28.2. The van der Waals surface area contributed by atoms with Gasteiger partial charge in [-0.05, 0) is 25.7 Å². The monoisotopic (exact) mass is 560 g/mol. The molecule has 1 N–H and O–H groups in total. The molecule has 0 saturated heterocycles. The third-order valence-electron chi connectivity index (χ3n) is 9.12. The number of unbranched alkanes of at least 4 members (excludes halogenated alkanes) is 26. The summed E-state index contributed by atoms with van der Waals surface area (Å²) in [6.07, 6.45) is 46.1. The lowest BCUT2D eigenvalue weighted by Crippen LogP contribution is -2.40. The van der Waals surface area contributed by atoms with Crippen molar-refractivity contribution in [2.75, 3.05) is 0 Å². The molecule has 236 valence electrons. The van der Waals surface area contributed by atoms with Crippen LogP contribution < -0.4 is 4.57 Å². The van der Waals surface area contributed by atoms with Crippen LogP contribution in [0.5, 0.6) is 0 Å².